The van der Waals surface area contributed by atoms with Gasteiger partial charge in [0, 0.05) is 25.7 Å². The van der Waals surface area contributed by atoms with Crippen LogP contribution in [0, 0.1) is 0 Å². The van der Waals surface area contributed by atoms with Gasteiger partial charge in [-0.25, -0.2) is 0 Å². The van der Waals surface area contributed by atoms with Crippen LogP contribution >= 0.6 is 12.4 Å². The number of likely N-dealkylation sites (N-methyl/N-ethyl adjacent to an activating group) is 1. The van der Waals surface area contributed by atoms with E-state index in [2.05, 4.69) is 10.2 Å². The molecule has 1 N–H and O–H groups in total. The SMILES string of the molecule is CNC1CCCN(CCN2C(=O)c3ccccc3C2=O)C1.Cl. The Morgan fingerprint density at radius 3 is 2.36 bits per heavy atom. The molecule has 1 aromatic rings. The van der Waals surface area contributed by atoms with Crippen molar-refractivity contribution in [3.63, 3.8) is 0 Å². The molecule has 1 fully saturated rings. The number of nitrogens with one attached hydrogen (secondary N) is 1. The van der Waals surface area contributed by atoms with Crippen LogP contribution < -0.4 is 5.32 Å². The number of fused-ring (bicyclic) bond motifs is 1. The van der Waals surface area contributed by atoms with Crippen molar-refractivity contribution in [2.75, 3.05) is 33.2 Å². The number of benzene rings is 1. The Bertz CT molecular complexity index is 529. The minimum Gasteiger partial charge on any atom is -0.316 e. The second kappa shape index (κ2) is 7.22. The molecule has 120 valence electrons. The first kappa shape index (κ1) is 16.9. The summed E-state index contributed by atoms with van der Waals surface area (Å²) in [5.74, 6) is -0.310. The van der Waals surface area contributed by atoms with Crippen molar-refractivity contribution in [3.05, 3.63) is 35.4 Å². The lowest BCUT2D eigenvalue weighted by molar-refractivity contribution is 0.0628. The van der Waals surface area contributed by atoms with Gasteiger partial charge < -0.3 is 10.2 Å². The fraction of sp³-hybridized carbons (Fsp3) is 0.500. The second-order valence-electron chi connectivity index (χ2n) is 5.74. The molecule has 2 aliphatic heterocycles. The molecule has 3 rings (SSSR count). The fourth-order valence-corrected chi connectivity index (χ4v) is 3.18. The van der Waals surface area contributed by atoms with Crippen LogP contribution in [0.4, 0.5) is 0 Å². The van der Waals surface area contributed by atoms with Gasteiger partial charge in [-0.15, -0.1) is 12.4 Å². The van der Waals surface area contributed by atoms with E-state index in [1.54, 1.807) is 24.3 Å². The van der Waals surface area contributed by atoms with Crippen molar-refractivity contribution < 1.29 is 9.59 Å². The average Bonchev–Trinajstić information content (AvgIpc) is 2.78. The van der Waals surface area contributed by atoms with Crippen molar-refractivity contribution in [2.45, 2.75) is 18.9 Å². The molecule has 2 heterocycles. The molecule has 1 atom stereocenters. The number of hydrogen-bond donors (Lipinski definition) is 1. The van der Waals surface area contributed by atoms with Gasteiger partial charge in [0.05, 0.1) is 11.1 Å². The normalized spacial score (nSPS) is 21.7. The maximum Gasteiger partial charge on any atom is 0.261 e. The molecule has 2 aliphatic rings. The highest BCUT2D eigenvalue weighted by atomic mass is 35.5. The van der Waals surface area contributed by atoms with E-state index in [9.17, 15) is 9.59 Å². The van der Waals surface area contributed by atoms with Gasteiger partial charge in [0.1, 0.15) is 0 Å². The number of carbonyl (C=O) groups excluding carboxylic acids is 2. The lowest BCUT2D eigenvalue weighted by Gasteiger charge is -2.33. The summed E-state index contributed by atoms with van der Waals surface area (Å²) in [6, 6.07) is 7.58. The van der Waals surface area contributed by atoms with Crippen LogP contribution in [0.1, 0.15) is 33.6 Å². The molecule has 2 amide bonds. The van der Waals surface area contributed by atoms with Crippen LogP contribution in [-0.2, 0) is 0 Å². The van der Waals surface area contributed by atoms with Crippen molar-refractivity contribution in [1.29, 1.82) is 0 Å². The topological polar surface area (TPSA) is 52.6 Å². The van der Waals surface area contributed by atoms with Gasteiger partial charge >= 0.3 is 0 Å². The van der Waals surface area contributed by atoms with E-state index < -0.39 is 0 Å². The Labute approximate surface area is 137 Å². The number of amides is 2. The summed E-state index contributed by atoms with van der Waals surface area (Å²) in [6.07, 6.45) is 2.35. The van der Waals surface area contributed by atoms with Gasteiger partial charge in [-0.1, -0.05) is 12.1 Å². The molecule has 0 bridgehead atoms. The molecule has 1 aromatic carbocycles. The second-order valence-corrected chi connectivity index (χ2v) is 5.74. The molecule has 0 radical (unpaired) electrons. The highest BCUT2D eigenvalue weighted by molar-refractivity contribution is 6.21. The Hall–Kier alpha value is -1.43. The third kappa shape index (κ3) is 3.16. The summed E-state index contributed by atoms with van der Waals surface area (Å²) in [5, 5.41) is 3.30. The van der Waals surface area contributed by atoms with Gasteiger partial charge in [-0.3, -0.25) is 14.5 Å². The molecule has 0 aliphatic carbocycles. The van der Waals surface area contributed by atoms with Crippen LogP contribution in [0.25, 0.3) is 0 Å². The maximum atomic E-state index is 12.3. The molecule has 1 unspecified atom stereocenters. The zero-order valence-electron chi connectivity index (χ0n) is 12.7. The van der Waals surface area contributed by atoms with Crippen molar-refractivity contribution >= 4 is 24.2 Å². The quantitative estimate of drug-likeness (QED) is 0.851. The first-order chi connectivity index (χ1) is 10.2. The lowest BCUT2D eigenvalue weighted by atomic mass is 10.1. The van der Waals surface area contributed by atoms with Crippen LogP contribution in [0.15, 0.2) is 24.3 Å². The van der Waals surface area contributed by atoms with Crippen molar-refractivity contribution in [2.24, 2.45) is 0 Å². The zero-order valence-corrected chi connectivity index (χ0v) is 13.6. The number of piperidine rings is 1. The predicted molar refractivity (Wildman–Crippen MR) is 87.6 cm³/mol. The number of hydrogen-bond acceptors (Lipinski definition) is 4. The first-order valence-electron chi connectivity index (χ1n) is 7.55. The number of rotatable bonds is 4. The highest BCUT2D eigenvalue weighted by Gasteiger charge is 2.35. The molecule has 0 aromatic heterocycles. The smallest absolute Gasteiger partial charge is 0.261 e. The third-order valence-corrected chi connectivity index (χ3v) is 4.43. The maximum absolute atomic E-state index is 12.3. The summed E-state index contributed by atoms with van der Waals surface area (Å²) >= 11 is 0. The lowest BCUT2D eigenvalue weighted by Crippen LogP contribution is -2.47. The highest BCUT2D eigenvalue weighted by Crippen LogP contribution is 2.22. The Morgan fingerprint density at radius 2 is 1.77 bits per heavy atom. The summed E-state index contributed by atoms with van der Waals surface area (Å²) in [7, 11) is 1.98. The summed E-state index contributed by atoms with van der Waals surface area (Å²) in [6.45, 7) is 3.26. The standard InChI is InChI=1S/C16H21N3O2.ClH/c1-17-12-5-4-8-18(11-12)9-10-19-15(20)13-6-2-3-7-14(13)16(19)21;/h2-3,6-7,12,17H,4-5,8-11H2,1H3;1H. The fourth-order valence-electron chi connectivity index (χ4n) is 3.18. The van der Waals surface area contributed by atoms with E-state index in [0.717, 1.165) is 26.1 Å². The number of carbonyl (C=O) groups is 2. The minimum absolute atomic E-state index is 0. The van der Waals surface area contributed by atoms with Gasteiger partial charge in [0.15, 0.2) is 0 Å². The van der Waals surface area contributed by atoms with Crippen LogP contribution in [0.2, 0.25) is 0 Å². The molecule has 0 spiro atoms. The molecule has 22 heavy (non-hydrogen) atoms. The third-order valence-electron chi connectivity index (χ3n) is 4.43. The van der Waals surface area contributed by atoms with E-state index >= 15 is 0 Å². The van der Waals surface area contributed by atoms with Gasteiger partial charge in [0.2, 0.25) is 0 Å². The van der Waals surface area contributed by atoms with Crippen LogP contribution in [0.5, 0.6) is 0 Å². The molecular formula is C16H22ClN3O2. The molecule has 6 heteroatoms. The van der Waals surface area contributed by atoms with E-state index in [4.69, 9.17) is 0 Å². The average molecular weight is 324 g/mol. The molecule has 5 nitrogen and oxygen atoms in total. The summed E-state index contributed by atoms with van der Waals surface area (Å²) in [5.41, 5.74) is 1.07. The molecule has 1 saturated heterocycles. The zero-order chi connectivity index (χ0) is 14.8. The molecular weight excluding hydrogens is 302 g/mol. The largest absolute Gasteiger partial charge is 0.316 e. The van der Waals surface area contributed by atoms with E-state index in [-0.39, 0.29) is 24.2 Å². The Balaban J connectivity index is 0.00000176. The minimum atomic E-state index is -0.155. The van der Waals surface area contributed by atoms with Gasteiger partial charge in [0.25, 0.3) is 11.8 Å². The summed E-state index contributed by atoms with van der Waals surface area (Å²) in [4.78, 5) is 28.3. The van der Waals surface area contributed by atoms with Crippen LogP contribution in [0.3, 0.4) is 0 Å². The van der Waals surface area contributed by atoms with E-state index in [0.29, 0.717) is 23.7 Å². The van der Waals surface area contributed by atoms with Crippen LogP contribution in [-0.4, -0.2) is 60.9 Å². The number of likely N-dealkylation sites (tertiary alicyclic amines) is 1. The number of halogens is 1. The monoisotopic (exact) mass is 323 g/mol. The summed E-state index contributed by atoms with van der Waals surface area (Å²) < 4.78 is 0. The number of imide groups is 1. The molecule has 0 saturated carbocycles. The predicted octanol–water partition coefficient (Wildman–Crippen LogP) is 1.39. The van der Waals surface area contributed by atoms with Crippen molar-refractivity contribution in [1.82, 2.24) is 15.1 Å². The van der Waals surface area contributed by atoms with E-state index in [1.165, 1.54) is 11.3 Å². The number of nitrogens with zero attached hydrogens (tertiary/aromatic N) is 2. The van der Waals surface area contributed by atoms with Crippen molar-refractivity contribution in [3.8, 4) is 0 Å². The Kier molecular flexibility index (Phi) is 5.56. The van der Waals surface area contributed by atoms with Gasteiger partial charge in [-0.05, 0) is 38.6 Å². The van der Waals surface area contributed by atoms with E-state index in [1.807, 2.05) is 7.05 Å². The van der Waals surface area contributed by atoms with Gasteiger partial charge in [-0.2, -0.15) is 0 Å². The first-order valence-corrected chi connectivity index (χ1v) is 7.55. The Morgan fingerprint density at radius 1 is 1.14 bits per heavy atom.